The number of aromatic nitrogens is 3. The monoisotopic (exact) mass is 353 g/mol. The van der Waals surface area contributed by atoms with Crippen molar-refractivity contribution >= 4 is 28.4 Å². The Morgan fingerprint density at radius 1 is 1.15 bits per heavy atom. The summed E-state index contributed by atoms with van der Waals surface area (Å²) in [5.74, 6) is -1.20. The summed E-state index contributed by atoms with van der Waals surface area (Å²) in [6.45, 7) is 6.37. The van der Waals surface area contributed by atoms with Gasteiger partial charge in [0.25, 0.3) is 0 Å². The molecule has 7 heteroatoms. The van der Waals surface area contributed by atoms with Gasteiger partial charge in [0.1, 0.15) is 0 Å². The Bertz CT molecular complexity index is 1030. The zero-order chi connectivity index (χ0) is 19.0. The van der Waals surface area contributed by atoms with E-state index < -0.39 is 17.9 Å². The van der Waals surface area contributed by atoms with Crippen LogP contribution in [-0.2, 0) is 4.74 Å². The number of benzene rings is 1. The Labute approximate surface area is 149 Å². The van der Waals surface area contributed by atoms with Crippen molar-refractivity contribution in [3.8, 4) is 0 Å². The van der Waals surface area contributed by atoms with Gasteiger partial charge in [-0.25, -0.2) is 4.79 Å². The molecule has 0 aliphatic rings. The molecule has 0 bridgehead atoms. The zero-order valence-corrected chi connectivity index (χ0v) is 15.0. The molecule has 0 aliphatic heterocycles. The molecule has 0 fully saturated rings. The number of aromatic amines is 2. The molecule has 3 rings (SSSR count). The fourth-order valence-corrected chi connectivity index (χ4v) is 3.12. The van der Waals surface area contributed by atoms with Gasteiger partial charge in [-0.05, 0) is 39.3 Å². The summed E-state index contributed by atoms with van der Waals surface area (Å²) in [4.78, 5) is 39.7. The fourth-order valence-electron chi connectivity index (χ4n) is 3.12. The maximum atomic E-state index is 12.7. The van der Waals surface area contributed by atoms with Crippen LogP contribution < -0.4 is 0 Å². The maximum absolute atomic E-state index is 12.7. The zero-order valence-electron chi connectivity index (χ0n) is 15.0. The van der Waals surface area contributed by atoms with Crippen LogP contribution in [0, 0.1) is 13.8 Å². The molecule has 2 heterocycles. The third-order valence-corrected chi connectivity index (χ3v) is 4.35. The number of rotatable bonds is 5. The van der Waals surface area contributed by atoms with Gasteiger partial charge < -0.3 is 9.72 Å². The number of H-pyrrole nitrogens is 2. The van der Waals surface area contributed by atoms with Crippen LogP contribution in [0.15, 0.2) is 24.3 Å². The molecule has 0 spiro atoms. The fraction of sp³-hybridized carbons (Fsp3) is 0.263. The van der Waals surface area contributed by atoms with E-state index >= 15 is 0 Å². The molecule has 134 valence electrons. The van der Waals surface area contributed by atoms with Gasteiger partial charge in [0.05, 0.1) is 11.2 Å². The van der Waals surface area contributed by atoms with Crippen LogP contribution in [0.25, 0.3) is 10.9 Å². The van der Waals surface area contributed by atoms with Crippen LogP contribution >= 0.6 is 0 Å². The van der Waals surface area contributed by atoms with E-state index in [2.05, 4.69) is 15.2 Å². The van der Waals surface area contributed by atoms with Crippen molar-refractivity contribution in [3.05, 3.63) is 52.5 Å². The number of nitrogens with one attached hydrogen (secondary N) is 2. The SMILES string of the molecule is CC(=O)c1c(C)[nH]c(C(=O)[C@@H](C)OC(=O)c2n[nH]c3ccccc23)c1C. The molecule has 1 atom stereocenters. The quantitative estimate of drug-likeness (QED) is 0.541. The smallest absolute Gasteiger partial charge is 0.360 e. The third kappa shape index (κ3) is 2.92. The number of fused-ring (bicyclic) bond motifs is 1. The summed E-state index contributed by atoms with van der Waals surface area (Å²) in [5, 5.41) is 7.36. The summed E-state index contributed by atoms with van der Waals surface area (Å²) >= 11 is 0. The highest BCUT2D eigenvalue weighted by molar-refractivity contribution is 6.07. The van der Waals surface area contributed by atoms with Crippen molar-refractivity contribution in [2.75, 3.05) is 0 Å². The molecule has 0 saturated carbocycles. The van der Waals surface area contributed by atoms with Gasteiger partial charge in [-0.1, -0.05) is 18.2 Å². The number of para-hydroxylation sites is 1. The molecule has 0 radical (unpaired) electrons. The van der Waals surface area contributed by atoms with Crippen LogP contribution in [0.4, 0.5) is 0 Å². The molecule has 2 N–H and O–H groups in total. The standard InChI is InChI=1S/C19H19N3O4/c1-9-15(11(3)23)10(2)20-16(9)18(24)12(4)26-19(25)17-13-7-5-6-8-14(13)21-22-17/h5-8,12,20H,1-4H3,(H,21,22)/t12-/m1/s1. The highest BCUT2D eigenvalue weighted by Crippen LogP contribution is 2.21. The molecule has 7 nitrogen and oxygen atoms in total. The molecule has 0 amide bonds. The van der Waals surface area contributed by atoms with E-state index in [9.17, 15) is 14.4 Å². The molecule has 2 aromatic heterocycles. The summed E-state index contributed by atoms with van der Waals surface area (Å²) in [6, 6.07) is 7.16. The second kappa shape index (κ2) is 6.59. The predicted molar refractivity (Wildman–Crippen MR) is 95.6 cm³/mol. The van der Waals surface area contributed by atoms with Crippen LogP contribution in [0.2, 0.25) is 0 Å². The highest BCUT2D eigenvalue weighted by Gasteiger charge is 2.27. The second-order valence-corrected chi connectivity index (χ2v) is 6.21. The largest absolute Gasteiger partial charge is 0.449 e. The number of ether oxygens (including phenoxy) is 1. The van der Waals surface area contributed by atoms with Gasteiger partial charge in [0, 0.05) is 16.6 Å². The minimum atomic E-state index is -1.02. The minimum Gasteiger partial charge on any atom is -0.449 e. The van der Waals surface area contributed by atoms with Gasteiger partial charge in [0.15, 0.2) is 17.6 Å². The van der Waals surface area contributed by atoms with Crippen molar-refractivity contribution in [2.24, 2.45) is 0 Å². The first kappa shape index (κ1) is 17.6. The Morgan fingerprint density at radius 2 is 1.85 bits per heavy atom. The Hall–Kier alpha value is -3.22. The number of nitrogens with zero attached hydrogens (tertiary/aromatic N) is 1. The maximum Gasteiger partial charge on any atom is 0.360 e. The van der Waals surface area contributed by atoms with Gasteiger partial charge in [0.2, 0.25) is 5.78 Å². The molecule has 1 aromatic carbocycles. The molecular formula is C19H19N3O4. The number of aryl methyl sites for hydroxylation is 1. The molecule has 0 unspecified atom stereocenters. The lowest BCUT2D eigenvalue weighted by atomic mass is 10.0. The molecular weight excluding hydrogens is 334 g/mol. The summed E-state index contributed by atoms with van der Waals surface area (Å²) in [5.41, 5.74) is 2.79. The summed E-state index contributed by atoms with van der Waals surface area (Å²) in [6.07, 6.45) is -1.02. The lowest BCUT2D eigenvalue weighted by molar-refractivity contribution is 0.0313. The van der Waals surface area contributed by atoms with E-state index in [4.69, 9.17) is 4.74 Å². The lowest BCUT2D eigenvalue weighted by Gasteiger charge is -2.11. The first-order valence-corrected chi connectivity index (χ1v) is 8.19. The van der Waals surface area contributed by atoms with Gasteiger partial charge in [-0.15, -0.1) is 0 Å². The van der Waals surface area contributed by atoms with Crippen molar-refractivity contribution in [3.63, 3.8) is 0 Å². The number of Topliss-reactive ketones (excluding diaryl/α,β-unsaturated/α-hetero) is 2. The van der Waals surface area contributed by atoms with E-state index in [-0.39, 0.29) is 17.2 Å². The van der Waals surface area contributed by atoms with Crippen molar-refractivity contribution in [1.29, 1.82) is 0 Å². The average Bonchev–Trinajstić information content (AvgIpc) is 3.14. The molecule has 0 aliphatic carbocycles. The summed E-state index contributed by atoms with van der Waals surface area (Å²) < 4.78 is 5.31. The van der Waals surface area contributed by atoms with Crippen molar-refractivity contribution in [2.45, 2.75) is 33.8 Å². The van der Waals surface area contributed by atoms with E-state index in [1.807, 2.05) is 6.07 Å². The van der Waals surface area contributed by atoms with Gasteiger partial charge >= 0.3 is 5.97 Å². The summed E-state index contributed by atoms with van der Waals surface area (Å²) in [7, 11) is 0. The number of ketones is 2. The number of carbonyl (C=O) groups excluding carboxylic acids is 3. The van der Waals surface area contributed by atoms with Gasteiger partial charge in [-0.3, -0.25) is 14.7 Å². The van der Waals surface area contributed by atoms with Crippen molar-refractivity contribution in [1.82, 2.24) is 15.2 Å². The predicted octanol–water partition coefficient (Wildman–Crippen LogP) is 3.14. The van der Waals surface area contributed by atoms with Crippen molar-refractivity contribution < 1.29 is 19.1 Å². The number of hydrogen-bond donors (Lipinski definition) is 2. The molecule has 0 saturated heterocycles. The van der Waals surface area contributed by atoms with Crippen LogP contribution in [0.5, 0.6) is 0 Å². The van der Waals surface area contributed by atoms with Crippen LogP contribution in [0.3, 0.4) is 0 Å². The number of hydrogen-bond acceptors (Lipinski definition) is 5. The Kier molecular flexibility index (Phi) is 4.46. The number of esters is 1. The van der Waals surface area contributed by atoms with Crippen LogP contribution in [0.1, 0.15) is 56.4 Å². The second-order valence-electron chi connectivity index (χ2n) is 6.21. The average molecular weight is 353 g/mol. The van der Waals surface area contributed by atoms with Crippen LogP contribution in [-0.4, -0.2) is 38.8 Å². The topological polar surface area (TPSA) is 105 Å². The highest BCUT2D eigenvalue weighted by atomic mass is 16.5. The minimum absolute atomic E-state index is 0.122. The normalized spacial score (nSPS) is 12.2. The Morgan fingerprint density at radius 3 is 2.50 bits per heavy atom. The first-order chi connectivity index (χ1) is 12.3. The third-order valence-electron chi connectivity index (χ3n) is 4.35. The molecule has 26 heavy (non-hydrogen) atoms. The van der Waals surface area contributed by atoms with E-state index in [0.717, 1.165) is 0 Å². The first-order valence-electron chi connectivity index (χ1n) is 8.19. The number of carbonyl (C=O) groups is 3. The molecule has 3 aromatic rings. The van der Waals surface area contributed by atoms with Gasteiger partial charge in [-0.2, -0.15) is 5.10 Å². The van der Waals surface area contributed by atoms with E-state index in [1.165, 1.54) is 13.8 Å². The van der Waals surface area contributed by atoms with E-state index in [0.29, 0.717) is 27.7 Å². The lowest BCUT2D eigenvalue weighted by Crippen LogP contribution is -2.25. The van der Waals surface area contributed by atoms with E-state index in [1.54, 1.807) is 32.0 Å². The Balaban J connectivity index is 1.83.